The van der Waals surface area contributed by atoms with Gasteiger partial charge in [0.15, 0.2) is 0 Å². The number of rotatable bonds is 3. The average Bonchev–Trinajstić information content (AvgIpc) is 2.37. The second kappa shape index (κ2) is 3.07. The summed E-state index contributed by atoms with van der Waals surface area (Å²) in [4.78, 5) is 4.03. The zero-order valence-electron chi connectivity index (χ0n) is 7.54. The molecule has 0 radical (unpaired) electrons. The molecule has 1 aromatic rings. The van der Waals surface area contributed by atoms with Crippen molar-refractivity contribution in [2.75, 3.05) is 0 Å². The molecule has 11 heavy (non-hydrogen) atoms. The Bertz CT molecular complexity index is 199. The van der Waals surface area contributed by atoms with Gasteiger partial charge < -0.3 is 4.57 Å². The minimum absolute atomic E-state index is 0.227. The molecule has 0 unspecified atom stereocenters. The van der Waals surface area contributed by atoms with Crippen molar-refractivity contribution < 1.29 is 0 Å². The molecule has 1 aromatic heterocycles. The van der Waals surface area contributed by atoms with E-state index in [1.54, 1.807) is 0 Å². The van der Waals surface area contributed by atoms with Crippen molar-refractivity contribution >= 4 is 0 Å². The molecule has 0 aromatic carbocycles. The molecule has 0 fully saturated rings. The summed E-state index contributed by atoms with van der Waals surface area (Å²) in [6.45, 7) is 6.68. The summed E-state index contributed by atoms with van der Waals surface area (Å²) >= 11 is 0. The number of nitrogens with zero attached hydrogens (tertiary/aromatic N) is 2. The predicted molar refractivity (Wildman–Crippen MR) is 46.5 cm³/mol. The van der Waals surface area contributed by atoms with Crippen LogP contribution in [0.25, 0.3) is 0 Å². The van der Waals surface area contributed by atoms with Crippen LogP contribution in [0.4, 0.5) is 0 Å². The van der Waals surface area contributed by atoms with Crippen LogP contribution < -0.4 is 0 Å². The zero-order valence-corrected chi connectivity index (χ0v) is 7.54. The van der Waals surface area contributed by atoms with Gasteiger partial charge in [0.1, 0.15) is 0 Å². The molecule has 0 spiro atoms. The van der Waals surface area contributed by atoms with E-state index < -0.39 is 0 Å². The molecule has 0 aliphatic carbocycles. The molecule has 2 nitrogen and oxygen atoms in total. The van der Waals surface area contributed by atoms with Crippen molar-refractivity contribution in [3.05, 3.63) is 18.7 Å². The van der Waals surface area contributed by atoms with Gasteiger partial charge in [-0.25, -0.2) is 4.98 Å². The Morgan fingerprint density at radius 3 is 2.64 bits per heavy atom. The Balaban J connectivity index is 2.73. The maximum atomic E-state index is 4.03. The lowest BCUT2D eigenvalue weighted by Crippen LogP contribution is -2.24. The van der Waals surface area contributed by atoms with Gasteiger partial charge in [0.2, 0.25) is 0 Å². The van der Waals surface area contributed by atoms with Crippen LogP contribution in [0.15, 0.2) is 18.7 Å². The van der Waals surface area contributed by atoms with Crippen LogP contribution in [-0.4, -0.2) is 9.55 Å². The number of hydrogen-bond donors (Lipinski definition) is 0. The standard InChI is InChI=1S/C9H16N2/c1-4-5-9(2,3)11-7-6-10-8-11/h6-8H,4-5H2,1-3H3. The minimum atomic E-state index is 0.227. The SMILES string of the molecule is CCCC(C)(C)n1ccnc1. The van der Waals surface area contributed by atoms with Crippen molar-refractivity contribution in [1.82, 2.24) is 9.55 Å². The van der Waals surface area contributed by atoms with E-state index in [-0.39, 0.29) is 5.54 Å². The highest BCUT2D eigenvalue weighted by Gasteiger charge is 2.17. The Morgan fingerprint density at radius 2 is 2.18 bits per heavy atom. The summed E-state index contributed by atoms with van der Waals surface area (Å²) in [5.74, 6) is 0. The van der Waals surface area contributed by atoms with Crippen LogP contribution in [0.3, 0.4) is 0 Å². The second-order valence-corrected chi connectivity index (χ2v) is 3.53. The van der Waals surface area contributed by atoms with E-state index in [9.17, 15) is 0 Å². The topological polar surface area (TPSA) is 17.8 Å². The van der Waals surface area contributed by atoms with Crippen LogP contribution >= 0.6 is 0 Å². The summed E-state index contributed by atoms with van der Waals surface area (Å²) < 4.78 is 2.16. The van der Waals surface area contributed by atoms with E-state index in [0.717, 1.165) is 0 Å². The minimum Gasteiger partial charge on any atom is -0.332 e. The van der Waals surface area contributed by atoms with Gasteiger partial charge in [-0.1, -0.05) is 13.3 Å². The number of hydrogen-bond acceptors (Lipinski definition) is 1. The lowest BCUT2D eigenvalue weighted by Gasteiger charge is -2.25. The maximum absolute atomic E-state index is 4.03. The molecule has 0 aliphatic rings. The summed E-state index contributed by atoms with van der Waals surface area (Å²) in [5, 5.41) is 0. The maximum Gasteiger partial charge on any atom is 0.0950 e. The zero-order chi connectivity index (χ0) is 8.32. The highest BCUT2D eigenvalue weighted by atomic mass is 15.1. The van der Waals surface area contributed by atoms with Crippen molar-refractivity contribution in [3.63, 3.8) is 0 Å². The Hall–Kier alpha value is -0.790. The summed E-state index contributed by atoms with van der Waals surface area (Å²) in [6, 6.07) is 0. The van der Waals surface area contributed by atoms with E-state index in [1.807, 2.05) is 18.7 Å². The fourth-order valence-corrected chi connectivity index (χ4v) is 1.36. The summed E-state index contributed by atoms with van der Waals surface area (Å²) in [7, 11) is 0. The van der Waals surface area contributed by atoms with Gasteiger partial charge in [-0.2, -0.15) is 0 Å². The molecular weight excluding hydrogens is 136 g/mol. The van der Waals surface area contributed by atoms with E-state index in [0.29, 0.717) is 0 Å². The highest BCUT2D eigenvalue weighted by Crippen LogP contribution is 2.20. The van der Waals surface area contributed by atoms with Crippen molar-refractivity contribution in [1.29, 1.82) is 0 Å². The van der Waals surface area contributed by atoms with E-state index in [4.69, 9.17) is 0 Å². The first-order chi connectivity index (χ1) is 5.17. The molecule has 1 rings (SSSR count). The molecule has 2 heteroatoms. The van der Waals surface area contributed by atoms with Gasteiger partial charge in [-0.05, 0) is 20.3 Å². The molecule has 0 aliphatic heterocycles. The molecular formula is C9H16N2. The summed E-state index contributed by atoms with van der Waals surface area (Å²) in [6.07, 6.45) is 8.15. The van der Waals surface area contributed by atoms with Gasteiger partial charge in [-0.15, -0.1) is 0 Å². The Morgan fingerprint density at radius 1 is 1.45 bits per heavy atom. The summed E-state index contributed by atoms with van der Waals surface area (Å²) in [5.41, 5.74) is 0.227. The number of imidazole rings is 1. The van der Waals surface area contributed by atoms with E-state index >= 15 is 0 Å². The number of aromatic nitrogens is 2. The van der Waals surface area contributed by atoms with Gasteiger partial charge in [0.25, 0.3) is 0 Å². The van der Waals surface area contributed by atoms with E-state index in [1.165, 1.54) is 12.8 Å². The first-order valence-corrected chi connectivity index (χ1v) is 4.15. The van der Waals surface area contributed by atoms with Crippen molar-refractivity contribution in [2.24, 2.45) is 0 Å². The van der Waals surface area contributed by atoms with Gasteiger partial charge in [0.05, 0.1) is 6.33 Å². The third-order valence-electron chi connectivity index (χ3n) is 2.07. The Labute approximate surface area is 68.3 Å². The largest absolute Gasteiger partial charge is 0.332 e. The molecule has 0 N–H and O–H groups in total. The second-order valence-electron chi connectivity index (χ2n) is 3.53. The molecule has 1 heterocycles. The lowest BCUT2D eigenvalue weighted by molar-refractivity contribution is 0.324. The molecule has 0 amide bonds. The van der Waals surface area contributed by atoms with E-state index in [2.05, 4.69) is 30.3 Å². The van der Waals surface area contributed by atoms with Crippen LogP contribution in [-0.2, 0) is 5.54 Å². The highest BCUT2D eigenvalue weighted by molar-refractivity contribution is 4.85. The van der Waals surface area contributed by atoms with Crippen molar-refractivity contribution in [2.45, 2.75) is 39.2 Å². The predicted octanol–water partition coefficient (Wildman–Crippen LogP) is 2.42. The van der Waals surface area contributed by atoms with Crippen LogP contribution in [0.1, 0.15) is 33.6 Å². The molecule has 62 valence electrons. The normalized spacial score (nSPS) is 11.9. The fourth-order valence-electron chi connectivity index (χ4n) is 1.36. The molecule has 0 saturated heterocycles. The van der Waals surface area contributed by atoms with Gasteiger partial charge in [-0.3, -0.25) is 0 Å². The third-order valence-corrected chi connectivity index (χ3v) is 2.07. The van der Waals surface area contributed by atoms with Gasteiger partial charge >= 0.3 is 0 Å². The first-order valence-electron chi connectivity index (χ1n) is 4.15. The van der Waals surface area contributed by atoms with Gasteiger partial charge in [0, 0.05) is 17.9 Å². The Kier molecular flexibility index (Phi) is 2.32. The first kappa shape index (κ1) is 8.31. The third kappa shape index (κ3) is 1.82. The fraction of sp³-hybridized carbons (Fsp3) is 0.667. The average molecular weight is 152 g/mol. The lowest BCUT2D eigenvalue weighted by atomic mass is 9.99. The monoisotopic (exact) mass is 152 g/mol. The quantitative estimate of drug-likeness (QED) is 0.650. The van der Waals surface area contributed by atoms with Crippen LogP contribution in [0, 0.1) is 0 Å². The van der Waals surface area contributed by atoms with Crippen LogP contribution in [0.2, 0.25) is 0 Å². The molecule has 0 bridgehead atoms. The smallest absolute Gasteiger partial charge is 0.0950 e. The molecule has 0 saturated carbocycles. The molecule has 0 atom stereocenters. The van der Waals surface area contributed by atoms with Crippen molar-refractivity contribution in [3.8, 4) is 0 Å². The van der Waals surface area contributed by atoms with Crippen LogP contribution in [0.5, 0.6) is 0 Å².